The molecule has 2 aromatic rings. The molecule has 0 aliphatic rings. The maximum atomic E-state index is 12.9. The zero-order valence-corrected chi connectivity index (χ0v) is 12.6. The number of nitrogens with zero attached hydrogens (tertiary/aromatic N) is 2. The lowest BCUT2D eigenvalue weighted by molar-refractivity contribution is -0.141. The van der Waals surface area contributed by atoms with Crippen molar-refractivity contribution in [3.8, 4) is 11.3 Å². The van der Waals surface area contributed by atoms with Crippen molar-refractivity contribution in [2.24, 2.45) is 5.73 Å². The third-order valence-corrected chi connectivity index (χ3v) is 3.39. The molecule has 2 heterocycles. The van der Waals surface area contributed by atoms with Crippen LogP contribution in [0.25, 0.3) is 17.0 Å². The molecule has 0 aliphatic heterocycles. The number of pyridine rings is 2. The van der Waals surface area contributed by atoms with E-state index >= 15 is 0 Å². The summed E-state index contributed by atoms with van der Waals surface area (Å²) in [6, 6.07) is 3.69. The molecule has 0 saturated heterocycles. The monoisotopic (exact) mass is 323 g/mol. The number of aromatic nitrogens is 2. The van der Waals surface area contributed by atoms with Gasteiger partial charge >= 0.3 is 6.18 Å². The molecular formula is C16H16F3N3O. The predicted octanol–water partition coefficient (Wildman–Crippen LogP) is 3.64. The topological polar surface area (TPSA) is 72.0 Å². The minimum Gasteiger partial charge on any atom is -0.508 e. The van der Waals surface area contributed by atoms with E-state index in [4.69, 9.17) is 5.73 Å². The first-order valence-corrected chi connectivity index (χ1v) is 6.85. The number of aryl methyl sites for hydroxylation is 2. The Balaban J connectivity index is 2.70. The Morgan fingerprint density at radius 2 is 2.00 bits per heavy atom. The molecule has 0 amide bonds. The molecule has 0 aliphatic carbocycles. The summed E-state index contributed by atoms with van der Waals surface area (Å²) in [5.74, 6) is -0.220. The summed E-state index contributed by atoms with van der Waals surface area (Å²) in [4.78, 5) is 7.83. The van der Waals surface area contributed by atoms with E-state index in [1.54, 1.807) is 19.9 Å². The first kappa shape index (κ1) is 17.0. The standard InChI is InChI=1S/C16H16F3N3O/c1-9-7-11(8-21-10(9)2)15-12(13(23)5-6-20)3-4-14(22-15)16(17,18)19/h3-5,7-8,23H,6,20H2,1-2H3/b13-5-. The van der Waals surface area contributed by atoms with Gasteiger partial charge < -0.3 is 10.8 Å². The van der Waals surface area contributed by atoms with Crippen LogP contribution in [0.2, 0.25) is 0 Å². The molecular weight excluding hydrogens is 307 g/mol. The fraction of sp³-hybridized carbons (Fsp3) is 0.250. The second-order valence-electron chi connectivity index (χ2n) is 5.04. The van der Waals surface area contributed by atoms with Gasteiger partial charge in [-0.3, -0.25) is 4.98 Å². The van der Waals surface area contributed by atoms with Gasteiger partial charge in [-0.05, 0) is 43.7 Å². The van der Waals surface area contributed by atoms with Crippen LogP contribution in [0, 0.1) is 13.8 Å². The maximum Gasteiger partial charge on any atom is 0.433 e. The smallest absolute Gasteiger partial charge is 0.433 e. The maximum absolute atomic E-state index is 12.9. The highest BCUT2D eigenvalue weighted by atomic mass is 19.4. The highest BCUT2D eigenvalue weighted by molar-refractivity contribution is 5.75. The number of rotatable bonds is 3. The Kier molecular flexibility index (Phi) is 4.70. The number of alkyl halides is 3. The van der Waals surface area contributed by atoms with Gasteiger partial charge in [-0.2, -0.15) is 13.2 Å². The van der Waals surface area contributed by atoms with Crippen molar-refractivity contribution >= 4 is 5.76 Å². The minimum atomic E-state index is -4.58. The molecule has 0 bridgehead atoms. The lowest BCUT2D eigenvalue weighted by atomic mass is 10.0. The fourth-order valence-corrected chi connectivity index (χ4v) is 2.04. The van der Waals surface area contributed by atoms with E-state index in [2.05, 4.69) is 9.97 Å². The molecule has 2 rings (SSSR count). The number of hydrogen-bond donors (Lipinski definition) is 2. The summed E-state index contributed by atoms with van der Waals surface area (Å²) in [7, 11) is 0. The third-order valence-electron chi connectivity index (χ3n) is 3.39. The number of aliphatic hydroxyl groups excluding tert-OH is 1. The average Bonchev–Trinajstić information content (AvgIpc) is 2.49. The number of hydrogen-bond acceptors (Lipinski definition) is 4. The molecule has 0 atom stereocenters. The molecule has 7 heteroatoms. The molecule has 0 saturated carbocycles. The largest absolute Gasteiger partial charge is 0.508 e. The van der Waals surface area contributed by atoms with Crippen LogP contribution in [0.1, 0.15) is 22.5 Å². The van der Waals surface area contributed by atoms with Crippen molar-refractivity contribution in [1.29, 1.82) is 0 Å². The van der Waals surface area contributed by atoms with Gasteiger partial charge in [0.05, 0.1) is 5.69 Å². The second kappa shape index (κ2) is 6.37. The van der Waals surface area contributed by atoms with Crippen molar-refractivity contribution in [2.75, 3.05) is 6.54 Å². The summed E-state index contributed by atoms with van der Waals surface area (Å²) in [6.45, 7) is 3.65. The van der Waals surface area contributed by atoms with Gasteiger partial charge in [0.15, 0.2) is 0 Å². The summed E-state index contributed by atoms with van der Waals surface area (Å²) in [5, 5.41) is 10.0. The Morgan fingerprint density at radius 1 is 1.30 bits per heavy atom. The van der Waals surface area contributed by atoms with Gasteiger partial charge in [-0.15, -0.1) is 0 Å². The SMILES string of the molecule is Cc1cc(-c2nc(C(F)(F)F)ccc2/C(O)=C/CN)cnc1C. The molecule has 0 radical (unpaired) electrons. The first-order valence-electron chi connectivity index (χ1n) is 6.85. The number of aliphatic hydroxyl groups is 1. The van der Waals surface area contributed by atoms with E-state index in [0.717, 1.165) is 17.3 Å². The molecule has 23 heavy (non-hydrogen) atoms. The summed E-state index contributed by atoms with van der Waals surface area (Å²) < 4.78 is 38.8. The Morgan fingerprint density at radius 3 is 2.57 bits per heavy atom. The highest BCUT2D eigenvalue weighted by Crippen LogP contribution is 2.33. The molecule has 0 unspecified atom stereocenters. The zero-order valence-electron chi connectivity index (χ0n) is 12.6. The zero-order chi connectivity index (χ0) is 17.2. The number of nitrogens with two attached hydrogens (primary N) is 1. The fourth-order valence-electron chi connectivity index (χ4n) is 2.04. The third kappa shape index (κ3) is 3.68. The molecule has 122 valence electrons. The van der Waals surface area contributed by atoms with Gasteiger partial charge in [0.25, 0.3) is 0 Å². The second-order valence-corrected chi connectivity index (χ2v) is 5.04. The van der Waals surface area contributed by atoms with E-state index in [1.807, 2.05) is 0 Å². The molecule has 4 nitrogen and oxygen atoms in total. The molecule has 0 fully saturated rings. The Hall–Kier alpha value is -2.41. The van der Waals surface area contributed by atoms with Gasteiger partial charge in [-0.1, -0.05) is 0 Å². The summed E-state index contributed by atoms with van der Waals surface area (Å²) >= 11 is 0. The van der Waals surface area contributed by atoms with E-state index in [9.17, 15) is 18.3 Å². The van der Waals surface area contributed by atoms with Gasteiger partial charge in [0, 0.05) is 29.6 Å². The van der Waals surface area contributed by atoms with Crippen molar-refractivity contribution in [2.45, 2.75) is 20.0 Å². The van der Waals surface area contributed by atoms with Crippen LogP contribution in [-0.4, -0.2) is 21.6 Å². The van der Waals surface area contributed by atoms with Crippen LogP contribution in [0.3, 0.4) is 0 Å². The van der Waals surface area contributed by atoms with Gasteiger partial charge in [0.2, 0.25) is 0 Å². The highest BCUT2D eigenvalue weighted by Gasteiger charge is 2.33. The normalized spacial score (nSPS) is 12.5. The van der Waals surface area contributed by atoms with E-state index in [0.29, 0.717) is 5.56 Å². The quantitative estimate of drug-likeness (QED) is 0.846. The van der Waals surface area contributed by atoms with Crippen molar-refractivity contribution in [3.05, 3.63) is 53.0 Å². The van der Waals surface area contributed by atoms with E-state index in [-0.39, 0.29) is 23.6 Å². The molecule has 0 aromatic carbocycles. The Labute approximate surface area is 131 Å². The summed E-state index contributed by atoms with van der Waals surface area (Å²) in [6.07, 6.45) is -1.83. The Bertz CT molecular complexity index is 755. The van der Waals surface area contributed by atoms with Crippen LogP contribution < -0.4 is 5.73 Å². The van der Waals surface area contributed by atoms with Crippen molar-refractivity contribution in [3.63, 3.8) is 0 Å². The van der Waals surface area contributed by atoms with E-state index < -0.39 is 11.9 Å². The minimum absolute atomic E-state index is 0.0117. The lowest BCUT2D eigenvalue weighted by Crippen LogP contribution is -2.10. The predicted molar refractivity (Wildman–Crippen MR) is 81.6 cm³/mol. The van der Waals surface area contributed by atoms with Crippen LogP contribution >= 0.6 is 0 Å². The van der Waals surface area contributed by atoms with E-state index in [1.165, 1.54) is 18.3 Å². The van der Waals surface area contributed by atoms with Crippen LogP contribution in [0.5, 0.6) is 0 Å². The number of halogens is 3. The van der Waals surface area contributed by atoms with Crippen molar-refractivity contribution < 1.29 is 18.3 Å². The molecule has 3 N–H and O–H groups in total. The lowest BCUT2D eigenvalue weighted by Gasteiger charge is -2.13. The summed E-state index contributed by atoms with van der Waals surface area (Å²) in [5.41, 5.74) is 6.48. The van der Waals surface area contributed by atoms with Crippen LogP contribution in [0.4, 0.5) is 13.2 Å². The van der Waals surface area contributed by atoms with Gasteiger partial charge in [-0.25, -0.2) is 4.98 Å². The van der Waals surface area contributed by atoms with Gasteiger partial charge in [0.1, 0.15) is 11.5 Å². The molecule has 2 aromatic heterocycles. The molecule has 0 spiro atoms. The van der Waals surface area contributed by atoms with Crippen LogP contribution in [-0.2, 0) is 6.18 Å². The van der Waals surface area contributed by atoms with Crippen molar-refractivity contribution in [1.82, 2.24) is 9.97 Å². The van der Waals surface area contributed by atoms with Crippen LogP contribution in [0.15, 0.2) is 30.5 Å². The first-order chi connectivity index (χ1) is 10.7. The average molecular weight is 323 g/mol.